The minimum absolute atomic E-state index is 0.0706. The molecule has 0 saturated heterocycles. The number of anilines is 1. The van der Waals surface area contributed by atoms with E-state index in [9.17, 15) is 9.59 Å². The highest BCUT2D eigenvalue weighted by Gasteiger charge is 2.28. The van der Waals surface area contributed by atoms with Crippen LogP contribution >= 0.6 is 0 Å². The second-order valence-electron chi connectivity index (χ2n) is 6.43. The smallest absolute Gasteiger partial charge is 0.267 e. The molecule has 0 unspecified atom stereocenters. The first-order chi connectivity index (χ1) is 11.1. The topological polar surface area (TPSA) is 61.8 Å². The predicted molar refractivity (Wildman–Crippen MR) is 90.2 cm³/mol. The fourth-order valence-electron chi connectivity index (χ4n) is 3.27. The summed E-state index contributed by atoms with van der Waals surface area (Å²) in [5.41, 5.74) is 1.15. The molecule has 0 spiro atoms. The number of nitrogens with zero attached hydrogens (tertiary/aromatic N) is 2. The molecule has 5 heteroatoms. The highest BCUT2D eigenvalue weighted by Crippen LogP contribution is 2.24. The minimum Gasteiger partial charge on any atom is -0.348 e. The Bertz CT molecular complexity index is 612. The van der Waals surface area contributed by atoms with Gasteiger partial charge in [0, 0.05) is 18.9 Å². The van der Waals surface area contributed by atoms with Crippen LogP contribution < -0.4 is 10.3 Å². The zero-order valence-electron chi connectivity index (χ0n) is 13.5. The van der Waals surface area contributed by atoms with Crippen molar-refractivity contribution in [2.24, 2.45) is 11.0 Å². The molecule has 1 aromatic carbocycles. The summed E-state index contributed by atoms with van der Waals surface area (Å²) in [5, 5.41) is 8.78. The Hall–Kier alpha value is -2.17. The monoisotopic (exact) mass is 313 g/mol. The highest BCUT2D eigenvalue weighted by molar-refractivity contribution is 6.40. The molecule has 1 aliphatic carbocycles. The van der Waals surface area contributed by atoms with Gasteiger partial charge in [0.25, 0.3) is 5.91 Å². The number of hydrazone groups is 1. The summed E-state index contributed by atoms with van der Waals surface area (Å²) in [7, 11) is 0. The van der Waals surface area contributed by atoms with Gasteiger partial charge in [-0.3, -0.25) is 9.59 Å². The van der Waals surface area contributed by atoms with E-state index in [0.717, 1.165) is 19.3 Å². The molecule has 1 fully saturated rings. The van der Waals surface area contributed by atoms with Crippen molar-refractivity contribution in [2.75, 3.05) is 5.01 Å². The van der Waals surface area contributed by atoms with Crippen LogP contribution in [0.4, 0.5) is 5.69 Å². The van der Waals surface area contributed by atoms with Gasteiger partial charge in [0.1, 0.15) is 5.71 Å². The first-order valence-electron chi connectivity index (χ1n) is 8.41. The van der Waals surface area contributed by atoms with Crippen LogP contribution in [0.25, 0.3) is 0 Å². The van der Waals surface area contributed by atoms with Crippen molar-refractivity contribution in [1.82, 2.24) is 5.32 Å². The predicted octanol–water partition coefficient (Wildman–Crippen LogP) is 2.86. The number of rotatable bonds is 3. The van der Waals surface area contributed by atoms with Crippen molar-refractivity contribution in [3.63, 3.8) is 0 Å². The fourth-order valence-corrected chi connectivity index (χ4v) is 3.27. The lowest BCUT2D eigenvalue weighted by atomic mass is 9.86. The molecule has 0 aromatic heterocycles. The normalized spacial score (nSPS) is 25.0. The van der Waals surface area contributed by atoms with Gasteiger partial charge in [0.05, 0.1) is 5.69 Å². The Kier molecular flexibility index (Phi) is 4.74. The third-order valence-corrected chi connectivity index (χ3v) is 4.72. The molecule has 3 rings (SSSR count). The summed E-state index contributed by atoms with van der Waals surface area (Å²) in [6, 6.07) is 9.48. The maximum atomic E-state index is 12.5. The molecule has 0 bridgehead atoms. The standard InChI is InChI=1S/C18H23N3O2/c1-13-7-5-6-10-15(13)19-18(23)16-11-12-17(22)21(20-16)14-8-3-2-4-9-14/h2-4,8-9,13,15H,5-7,10-12H2,1H3,(H,19,23)/t13-,15-/m1/s1. The van der Waals surface area contributed by atoms with Gasteiger partial charge in [-0.05, 0) is 30.9 Å². The molecule has 1 N–H and O–H groups in total. The molecule has 1 aromatic rings. The third-order valence-electron chi connectivity index (χ3n) is 4.72. The van der Waals surface area contributed by atoms with Crippen LogP contribution in [-0.4, -0.2) is 23.6 Å². The van der Waals surface area contributed by atoms with Gasteiger partial charge in [0.15, 0.2) is 0 Å². The number of hydrogen-bond donors (Lipinski definition) is 1. The van der Waals surface area contributed by atoms with Crippen molar-refractivity contribution in [1.29, 1.82) is 0 Å². The zero-order chi connectivity index (χ0) is 16.2. The maximum Gasteiger partial charge on any atom is 0.267 e. The van der Waals surface area contributed by atoms with E-state index in [0.29, 0.717) is 30.2 Å². The van der Waals surface area contributed by atoms with Crippen LogP contribution in [0.15, 0.2) is 35.4 Å². The fraction of sp³-hybridized carbons (Fsp3) is 0.500. The third kappa shape index (κ3) is 3.60. The number of carbonyl (C=O) groups excluding carboxylic acids is 2. The summed E-state index contributed by atoms with van der Waals surface area (Å²) in [6.45, 7) is 2.19. The van der Waals surface area contributed by atoms with E-state index in [1.54, 1.807) is 0 Å². The number of carbonyl (C=O) groups is 2. The van der Waals surface area contributed by atoms with Gasteiger partial charge < -0.3 is 5.32 Å². The Morgan fingerprint density at radius 2 is 1.91 bits per heavy atom. The Morgan fingerprint density at radius 1 is 1.17 bits per heavy atom. The Morgan fingerprint density at radius 3 is 2.65 bits per heavy atom. The second-order valence-corrected chi connectivity index (χ2v) is 6.43. The minimum atomic E-state index is -0.128. The summed E-state index contributed by atoms with van der Waals surface area (Å²) in [5.74, 6) is 0.305. The van der Waals surface area contributed by atoms with Crippen LogP contribution in [0.5, 0.6) is 0 Å². The molecule has 2 aliphatic rings. The summed E-state index contributed by atoms with van der Waals surface area (Å²) >= 11 is 0. The van der Waals surface area contributed by atoms with Gasteiger partial charge >= 0.3 is 0 Å². The molecule has 1 heterocycles. The van der Waals surface area contributed by atoms with E-state index in [-0.39, 0.29) is 17.9 Å². The number of benzene rings is 1. The summed E-state index contributed by atoms with van der Waals surface area (Å²) in [6.07, 6.45) is 5.32. The van der Waals surface area contributed by atoms with E-state index < -0.39 is 0 Å². The van der Waals surface area contributed by atoms with Gasteiger partial charge in [-0.2, -0.15) is 5.10 Å². The average Bonchev–Trinajstić information content (AvgIpc) is 2.58. The highest BCUT2D eigenvalue weighted by atomic mass is 16.2. The molecule has 5 nitrogen and oxygen atoms in total. The van der Waals surface area contributed by atoms with E-state index in [1.807, 2.05) is 30.3 Å². The molecule has 0 radical (unpaired) electrons. The van der Waals surface area contributed by atoms with Crippen molar-refractivity contribution < 1.29 is 9.59 Å². The van der Waals surface area contributed by atoms with E-state index in [1.165, 1.54) is 11.4 Å². The number of amides is 2. The van der Waals surface area contributed by atoms with Crippen molar-refractivity contribution in [3.8, 4) is 0 Å². The van der Waals surface area contributed by atoms with Crippen LogP contribution in [0.3, 0.4) is 0 Å². The first-order valence-corrected chi connectivity index (χ1v) is 8.41. The maximum absolute atomic E-state index is 12.5. The lowest BCUT2D eigenvalue weighted by Crippen LogP contribution is -2.46. The van der Waals surface area contributed by atoms with E-state index in [2.05, 4.69) is 17.3 Å². The molecule has 23 heavy (non-hydrogen) atoms. The van der Waals surface area contributed by atoms with Crippen molar-refractivity contribution >= 4 is 23.2 Å². The molecule has 1 aliphatic heterocycles. The number of nitrogens with one attached hydrogen (secondary N) is 1. The number of para-hydroxylation sites is 1. The van der Waals surface area contributed by atoms with Crippen LogP contribution in [0.2, 0.25) is 0 Å². The molecular weight excluding hydrogens is 290 g/mol. The van der Waals surface area contributed by atoms with Gasteiger partial charge in [-0.1, -0.05) is 38.0 Å². The zero-order valence-corrected chi connectivity index (χ0v) is 13.5. The largest absolute Gasteiger partial charge is 0.348 e. The quantitative estimate of drug-likeness (QED) is 0.932. The van der Waals surface area contributed by atoms with Gasteiger partial charge in [-0.25, -0.2) is 5.01 Å². The summed E-state index contributed by atoms with van der Waals surface area (Å²) < 4.78 is 0. The Balaban J connectivity index is 1.73. The molecule has 2 amide bonds. The average molecular weight is 313 g/mol. The Labute approximate surface area is 136 Å². The van der Waals surface area contributed by atoms with Crippen molar-refractivity contribution in [2.45, 2.75) is 51.5 Å². The lowest BCUT2D eigenvalue weighted by molar-refractivity contribution is -0.119. The molecule has 1 saturated carbocycles. The van der Waals surface area contributed by atoms with Gasteiger partial charge in [0.2, 0.25) is 5.91 Å². The summed E-state index contributed by atoms with van der Waals surface area (Å²) in [4.78, 5) is 24.6. The van der Waals surface area contributed by atoms with Crippen LogP contribution in [-0.2, 0) is 9.59 Å². The molecule has 2 atom stereocenters. The van der Waals surface area contributed by atoms with Crippen LogP contribution in [0, 0.1) is 5.92 Å². The SMILES string of the molecule is C[C@@H]1CCCC[C@H]1NC(=O)C1=NN(c2ccccc2)C(=O)CC1. The van der Waals surface area contributed by atoms with Crippen LogP contribution in [0.1, 0.15) is 45.4 Å². The molecule has 122 valence electrons. The second kappa shape index (κ2) is 6.94. The lowest BCUT2D eigenvalue weighted by Gasteiger charge is -2.30. The molecular formula is C18H23N3O2. The van der Waals surface area contributed by atoms with Gasteiger partial charge in [-0.15, -0.1) is 0 Å². The number of hydrogen-bond acceptors (Lipinski definition) is 3. The first kappa shape index (κ1) is 15.7. The van der Waals surface area contributed by atoms with E-state index >= 15 is 0 Å². The van der Waals surface area contributed by atoms with Crippen molar-refractivity contribution in [3.05, 3.63) is 30.3 Å². The van der Waals surface area contributed by atoms with E-state index in [4.69, 9.17) is 0 Å².